The Morgan fingerprint density at radius 2 is 1.90 bits per heavy atom. The molecule has 3 fully saturated rings. The standard InChI is InChI=1S/C38H50ClN3O6S/c1-26-7-6-15-38(46-3,23-42-18-16-37(42)24-47-25-37)33-13-10-30(33)21-41-17-5-4-8-28-19-32(39)12-9-31(28)22-48-35-14-11-29(20-34(35)41)36(43)40-49(44,45)27(26)2/h6,9,11-12,14-15,19-20,26-27,30,33H,4-5,7-8,10,13,16-18,21-25H2,1-3H3,(H,40,43)/b15-6+/t26?,27?,30-,33+,38?/m0/s1. The molecule has 9 nitrogen and oxygen atoms in total. The van der Waals surface area contributed by atoms with Crippen molar-refractivity contribution in [1.82, 2.24) is 9.62 Å². The number of amides is 1. The summed E-state index contributed by atoms with van der Waals surface area (Å²) in [4.78, 5) is 18.5. The molecule has 266 valence electrons. The molecule has 5 aliphatic rings. The summed E-state index contributed by atoms with van der Waals surface area (Å²) >= 11 is 6.39. The predicted molar refractivity (Wildman–Crippen MR) is 192 cm³/mol. The lowest BCUT2D eigenvalue weighted by Gasteiger charge is -2.61. The minimum absolute atomic E-state index is 0.120. The van der Waals surface area contributed by atoms with Crippen LogP contribution in [0.1, 0.15) is 73.9 Å². The first-order valence-electron chi connectivity index (χ1n) is 17.9. The molecule has 1 spiro atoms. The van der Waals surface area contributed by atoms with Crippen LogP contribution in [0.2, 0.25) is 5.02 Å². The number of carbonyl (C=O) groups excluding carboxylic acids is 1. The van der Waals surface area contributed by atoms with Crippen LogP contribution in [0, 0.1) is 17.8 Å². The lowest BCUT2D eigenvalue weighted by molar-refractivity contribution is -0.215. The molecule has 7 rings (SSSR count). The fourth-order valence-corrected chi connectivity index (χ4v) is 9.91. The van der Waals surface area contributed by atoms with E-state index in [1.165, 1.54) is 5.56 Å². The number of nitrogens with one attached hydrogen (secondary N) is 1. The van der Waals surface area contributed by atoms with E-state index >= 15 is 0 Å². The second kappa shape index (κ2) is 13.8. The quantitative estimate of drug-likeness (QED) is 0.388. The number of rotatable bonds is 3. The number of sulfonamides is 1. The number of fused-ring (bicyclic) bond motifs is 3. The molecule has 1 aliphatic carbocycles. The molecule has 2 bridgehead atoms. The fourth-order valence-electron chi connectivity index (χ4n) is 8.43. The van der Waals surface area contributed by atoms with Crippen molar-refractivity contribution in [2.45, 2.75) is 81.8 Å². The molecule has 4 aliphatic heterocycles. The van der Waals surface area contributed by atoms with Crippen molar-refractivity contribution >= 4 is 33.2 Å². The molecule has 1 saturated carbocycles. The SMILES string of the molecule is COC1(CN2CCC23COC3)/C=C/CC(C)C(C)S(=O)(=O)NC(=O)c2ccc3c(c2)N(CCCCc2cc(Cl)ccc2CO3)C[C@@H]2CC[C@H]21. The van der Waals surface area contributed by atoms with Crippen LogP contribution in [0.5, 0.6) is 5.75 Å². The van der Waals surface area contributed by atoms with Crippen molar-refractivity contribution in [3.63, 3.8) is 0 Å². The molecule has 1 amide bonds. The number of aryl methyl sites for hydroxylation is 1. The highest BCUT2D eigenvalue weighted by atomic mass is 35.5. The Kier molecular flexibility index (Phi) is 9.82. The van der Waals surface area contributed by atoms with Gasteiger partial charge in [-0.2, -0.15) is 0 Å². The van der Waals surface area contributed by atoms with Gasteiger partial charge in [-0.15, -0.1) is 0 Å². The van der Waals surface area contributed by atoms with Crippen LogP contribution < -0.4 is 14.4 Å². The van der Waals surface area contributed by atoms with E-state index in [1.54, 1.807) is 13.0 Å². The maximum Gasteiger partial charge on any atom is 0.264 e. The zero-order valence-corrected chi connectivity index (χ0v) is 30.5. The normalized spacial score (nSPS) is 32.1. The Hall–Kier alpha value is -2.63. The van der Waals surface area contributed by atoms with Gasteiger partial charge in [0.05, 0.1) is 29.7 Å². The summed E-state index contributed by atoms with van der Waals surface area (Å²) < 4.78 is 48.2. The second-order valence-electron chi connectivity index (χ2n) is 15.1. The molecule has 2 saturated heterocycles. The van der Waals surface area contributed by atoms with E-state index in [0.717, 1.165) is 94.2 Å². The van der Waals surface area contributed by atoms with Gasteiger partial charge in [-0.1, -0.05) is 36.7 Å². The molecule has 1 N–H and O–H groups in total. The van der Waals surface area contributed by atoms with E-state index in [4.69, 9.17) is 25.8 Å². The molecule has 2 aromatic carbocycles. The lowest BCUT2D eigenvalue weighted by Crippen LogP contribution is -2.73. The number of halogens is 1. The second-order valence-corrected chi connectivity index (χ2v) is 17.5. The van der Waals surface area contributed by atoms with E-state index in [2.05, 4.69) is 26.7 Å². The van der Waals surface area contributed by atoms with Crippen molar-refractivity contribution < 1.29 is 27.4 Å². The van der Waals surface area contributed by atoms with Crippen LogP contribution in [0.25, 0.3) is 0 Å². The number of hydrogen-bond donors (Lipinski definition) is 1. The smallest absolute Gasteiger partial charge is 0.264 e. The minimum atomic E-state index is -3.95. The average molecular weight is 712 g/mol. The third kappa shape index (κ3) is 6.76. The van der Waals surface area contributed by atoms with Crippen molar-refractivity contribution in [3.05, 3.63) is 70.3 Å². The number of hydrogen-bond acceptors (Lipinski definition) is 8. The van der Waals surface area contributed by atoms with Gasteiger partial charge in [0.2, 0.25) is 10.0 Å². The first-order chi connectivity index (χ1) is 23.5. The topological polar surface area (TPSA) is 97.4 Å². The number of allylic oxidation sites excluding steroid dienone is 1. The summed E-state index contributed by atoms with van der Waals surface area (Å²) in [5.74, 6) is 0.465. The molecular formula is C38H50ClN3O6S. The summed E-state index contributed by atoms with van der Waals surface area (Å²) in [5.41, 5.74) is 2.99. The molecule has 11 heteroatoms. The highest BCUT2D eigenvalue weighted by molar-refractivity contribution is 7.90. The van der Waals surface area contributed by atoms with Crippen molar-refractivity contribution in [2.24, 2.45) is 17.8 Å². The van der Waals surface area contributed by atoms with Gasteiger partial charge in [0.25, 0.3) is 5.91 Å². The van der Waals surface area contributed by atoms with Crippen LogP contribution in [0.3, 0.4) is 0 Å². The monoisotopic (exact) mass is 711 g/mol. The van der Waals surface area contributed by atoms with Crippen LogP contribution in [0.4, 0.5) is 5.69 Å². The zero-order valence-electron chi connectivity index (χ0n) is 29.0. The number of benzene rings is 2. The summed E-state index contributed by atoms with van der Waals surface area (Å²) in [7, 11) is -2.11. The maximum absolute atomic E-state index is 13.6. The fraction of sp³-hybridized carbons (Fsp3) is 0.605. The van der Waals surface area contributed by atoms with E-state index in [0.29, 0.717) is 30.3 Å². The third-order valence-electron chi connectivity index (χ3n) is 12.2. The summed E-state index contributed by atoms with van der Waals surface area (Å²) in [6.07, 6.45) is 11.0. The molecule has 49 heavy (non-hydrogen) atoms. The summed E-state index contributed by atoms with van der Waals surface area (Å²) in [5, 5.41) is -0.0588. The molecule has 3 unspecified atom stereocenters. The van der Waals surface area contributed by atoms with Crippen LogP contribution in [-0.4, -0.2) is 82.1 Å². The van der Waals surface area contributed by atoms with Gasteiger partial charge < -0.3 is 19.1 Å². The van der Waals surface area contributed by atoms with E-state index in [1.807, 2.05) is 44.4 Å². The molecule has 0 aromatic heterocycles. The van der Waals surface area contributed by atoms with Crippen LogP contribution in [0.15, 0.2) is 48.6 Å². The van der Waals surface area contributed by atoms with Gasteiger partial charge >= 0.3 is 0 Å². The van der Waals surface area contributed by atoms with Gasteiger partial charge in [-0.3, -0.25) is 9.69 Å². The van der Waals surface area contributed by atoms with E-state index < -0.39 is 26.8 Å². The number of carbonyl (C=O) groups is 1. The Labute approximate surface area is 296 Å². The Balaban J connectivity index is 1.27. The van der Waals surface area contributed by atoms with Crippen LogP contribution >= 0.6 is 11.6 Å². The van der Waals surface area contributed by atoms with Crippen molar-refractivity contribution in [3.8, 4) is 5.75 Å². The molecular weight excluding hydrogens is 662 g/mol. The maximum atomic E-state index is 13.6. The highest BCUT2D eigenvalue weighted by Gasteiger charge is 2.56. The average Bonchev–Trinajstić information content (AvgIpc) is 3.06. The van der Waals surface area contributed by atoms with E-state index in [9.17, 15) is 13.2 Å². The molecule has 4 heterocycles. The van der Waals surface area contributed by atoms with Crippen LogP contribution in [-0.2, 0) is 32.5 Å². The highest BCUT2D eigenvalue weighted by Crippen LogP contribution is 2.49. The first-order valence-corrected chi connectivity index (χ1v) is 19.9. The van der Waals surface area contributed by atoms with Gasteiger partial charge in [-0.05, 0) is 111 Å². The summed E-state index contributed by atoms with van der Waals surface area (Å²) in [6, 6.07) is 11.3. The zero-order chi connectivity index (χ0) is 34.4. The Bertz CT molecular complexity index is 1690. The Morgan fingerprint density at radius 1 is 1.06 bits per heavy atom. The van der Waals surface area contributed by atoms with E-state index in [-0.39, 0.29) is 17.4 Å². The number of anilines is 1. The Morgan fingerprint density at radius 3 is 2.59 bits per heavy atom. The molecule has 2 aromatic rings. The number of ether oxygens (including phenoxy) is 3. The minimum Gasteiger partial charge on any atom is -0.487 e. The van der Waals surface area contributed by atoms with Crippen molar-refractivity contribution in [1.29, 1.82) is 0 Å². The lowest BCUT2D eigenvalue weighted by atomic mass is 9.63. The number of methoxy groups -OCH3 is 1. The van der Waals surface area contributed by atoms with Gasteiger partial charge in [-0.25, -0.2) is 13.1 Å². The largest absolute Gasteiger partial charge is 0.487 e. The van der Waals surface area contributed by atoms with Gasteiger partial charge in [0.15, 0.2) is 0 Å². The number of likely N-dealkylation sites (tertiary alicyclic amines) is 1. The number of nitrogens with zero attached hydrogens (tertiary/aromatic N) is 2. The third-order valence-corrected chi connectivity index (χ3v) is 14.4. The molecule has 0 radical (unpaired) electrons. The predicted octanol–water partition coefficient (Wildman–Crippen LogP) is 5.99. The molecule has 5 atom stereocenters. The van der Waals surface area contributed by atoms with Gasteiger partial charge in [0.1, 0.15) is 18.0 Å². The first kappa shape index (κ1) is 34.8. The van der Waals surface area contributed by atoms with Gasteiger partial charge in [0, 0.05) is 43.9 Å². The van der Waals surface area contributed by atoms with Crippen molar-refractivity contribution in [2.75, 3.05) is 51.4 Å². The summed E-state index contributed by atoms with van der Waals surface area (Å²) in [6.45, 7) is 8.88.